The number of sulfonamides is 1. The van der Waals surface area contributed by atoms with Crippen LogP contribution < -0.4 is 0 Å². The Morgan fingerprint density at radius 3 is 2.71 bits per heavy atom. The lowest BCUT2D eigenvalue weighted by molar-refractivity contribution is 0.275. The first kappa shape index (κ1) is 16.4. The third kappa shape index (κ3) is 3.44. The summed E-state index contributed by atoms with van der Waals surface area (Å²) in [6.45, 7) is 4.12. The highest BCUT2D eigenvalue weighted by atomic mass is 32.2. The maximum Gasteiger partial charge on any atom is 0.243 e. The van der Waals surface area contributed by atoms with Crippen molar-refractivity contribution >= 4 is 10.0 Å². The van der Waals surface area contributed by atoms with E-state index in [1.807, 2.05) is 0 Å². The second-order valence-electron chi connectivity index (χ2n) is 5.81. The Balaban J connectivity index is 2.37. The van der Waals surface area contributed by atoms with Crippen molar-refractivity contribution in [3.63, 3.8) is 0 Å². The number of aryl methyl sites for hydroxylation is 1. The van der Waals surface area contributed by atoms with Crippen LogP contribution in [0.5, 0.6) is 0 Å². The van der Waals surface area contributed by atoms with E-state index in [1.54, 1.807) is 0 Å². The van der Waals surface area contributed by atoms with E-state index >= 15 is 0 Å². The van der Waals surface area contributed by atoms with Crippen molar-refractivity contribution < 1.29 is 17.9 Å². The molecule has 1 fully saturated rings. The van der Waals surface area contributed by atoms with Gasteiger partial charge in [0.25, 0.3) is 0 Å². The Labute approximate surface area is 125 Å². The molecule has 1 N–H and O–H groups in total. The fourth-order valence-electron chi connectivity index (χ4n) is 2.70. The molecular formula is C15H22FNO3S. The molecule has 118 valence electrons. The molecule has 0 saturated carbocycles. The van der Waals surface area contributed by atoms with Crippen molar-refractivity contribution in [1.29, 1.82) is 0 Å². The topological polar surface area (TPSA) is 57.6 Å². The first-order valence-corrected chi connectivity index (χ1v) is 8.70. The summed E-state index contributed by atoms with van der Waals surface area (Å²) < 4.78 is 40.6. The average molecular weight is 315 g/mol. The molecule has 2 rings (SSSR count). The lowest BCUT2D eigenvalue weighted by Crippen LogP contribution is -2.32. The van der Waals surface area contributed by atoms with Crippen LogP contribution in [0.2, 0.25) is 0 Å². The summed E-state index contributed by atoms with van der Waals surface area (Å²) in [5, 5.41) is 9.17. The molecule has 1 aromatic rings. The van der Waals surface area contributed by atoms with Gasteiger partial charge in [0.1, 0.15) is 5.82 Å². The Bertz CT molecular complexity index is 616. The number of rotatable bonds is 3. The number of hydrogen-bond acceptors (Lipinski definition) is 3. The molecule has 0 radical (unpaired) electrons. The lowest BCUT2D eigenvalue weighted by Gasteiger charge is -2.21. The predicted octanol–water partition coefficient (Wildman–Crippen LogP) is 2.44. The van der Waals surface area contributed by atoms with Crippen molar-refractivity contribution in [2.45, 2.75) is 44.6 Å². The molecule has 1 heterocycles. The molecule has 0 aromatic heterocycles. The SMILES string of the molecule is Cc1cc(S(=O)(=O)N2CCCC(C)CC2)cc(CO)c1F. The van der Waals surface area contributed by atoms with E-state index in [9.17, 15) is 17.9 Å². The number of hydrogen-bond donors (Lipinski definition) is 1. The maximum atomic E-state index is 13.8. The largest absolute Gasteiger partial charge is 0.392 e. The van der Waals surface area contributed by atoms with Crippen LogP contribution in [0.15, 0.2) is 17.0 Å². The Hall–Kier alpha value is -0.980. The molecule has 21 heavy (non-hydrogen) atoms. The van der Waals surface area contributed by atoms with Gasteiger partial charge in [-0.25, -0.2) is 12.8 Å². The Morgan fingerprint density at radius 2 is 2.05 bits per heavy atom. The molecule has 6 heteroatoms. The molecule has 0 amide bonds. The molecule has 4 nitrogen and oxygen atoms in total. The molecule has 0 aliphatic carbocycles. The number of aliphatic hydroxyl groups is 1. The molecule has 1 saturated heterocycles. The minimum absolute atomic E-state index is 0.0248. The highest BCUT2D eigenvalue weighted by molar-refractivity contribution is 7.89. The zero-order valence-electron chi connectivity index (χ0n) is 12.5. The van der Waals surface area contributed by atoms with Gasteiger partial charge >= 0.3 is 0 Å². The Kier molecular flexibility index (Phi) is 5.01. The van der Waals surface area contributed by atoms with E-state index in [1.165, 1.54) is 23.4 Å². The van der Waals surface area contributed by atoms with Gasteiger partial charge < -0.3 is 5.11 Å². The summed E-state index contributed by atoms with van der Waals surface area (Å²) >= 11 is 0. The second kappa shape index (κ2) is 6.42. The molecule has 1 aromatic carbocycles. The molecule has 0 bridgehead atoms. The van der Waals surface area contributed by atoms with E-state index in [-0.39, 0.29) is 16.0 Å². The predicted molar refractivity (Wildman–Crippen MR) is 78.8 cm³/mol. The summed E-state index contributed by atoms with van der Waals surface area (Å²) in [5.41, 5.74) is 0.264. The summed E-state index contributed by atoms with van der Waals surface area (Å²) in [7, 11) is -3.63. The van der Waals surface area contributed by atoms with Crippen molar-refractivity contribution in [2.24, 2.45) is 5.92 Å². The molecule has 1 unspecified atom stereocenters. The lowest BCUT2D eigenvalue weighted by atomic mass is 10.0. The Morgan fingerprint density at radius 1 is 1.33 bits per heavy atom. The van der Waals surface area contributed by atoms with Gasteiger partial charge in [-0.1, -0.05) is 6.92 Å². The summed E-state index contributed by atoms with van der Waals surface area (Å²) in [5.74, 6) is -0.0194. The first-order chi connectivity index (χ1) is 9.86. The minimum Gasteiger partial charge on any atom is -0.392 e. The van der Waals surface area contributed by atoms with E-state index in [0.717, 1.165) is 19.3 Å². The van der Waals surface area contributed by atoms with Crippen LogP contribution in [-0.2, 0) is 16.6 Å². The van der Waals surface area contributed by atoms with Crippen LogP contribution in [0.25, 0.3) is 0 Å². The quantitative estimate of drug-likeness (QED) is 0.932. The van der Waals surface area contributed by atoms with Crippen molar-refractivity contribution in [1.82, 2.24) is 4.31 Å². The van der Waals surface area contributed by atoms with Crippen LogP contribution in [0.3, 0.4) is 0 Å². The van der Waals surface area contributed by atoms with E-state index in [0.29, 0.717) is 19.0 Å². The molecule has 1 atom stereocenters. The van der Waals surface area contributed by atoms with Crippen LogP contribution >= 0.6 is 0 Å². The third-order valence-electron chi connectivity index (χ3n) is 4.09. The molecule has 1 aliphatic rings. The van der Waals surface area contributed by atoms with Crippen molar-refractivity contribution in [2.75, 3.05) is 13.1 Å². The van der Waals surface area contributed by atoms with Gasteiger partial charge in [0.2, 0.25) is 10.0 Å². The smallest absolute Gasteiger partial charge is 0.243 e. The number of benzene rings is 1. The first-order valence-electron chi connectivity index (χ1n) is 7.26. The molecule has 0 spiro atoms. The van der Waals surface area contributed by atoms with Crippen molar-refractivity contribution in [3.8, 4) is 0 Å². The van der Waals surface area contributed by atoms with Gasteiger partial charge in [0.05, 0.1) is 11.5 Å². The summed E-state index contributed by atoms with van der Waals surface area (Å²) in [6, 6.07) is 2.59. The number of halogens is 1. The van der Waals surface area contributed by atoms with Crippen LogP contribution in [-0.4, -0.2) is 30.9 Å². The molecule has 1 aliphatic heterocycles. The zero-order valence-corrected chi connectivity index (χ0v) is 13.3. The standard InChI is InChI=1S/C15H22FNO3S/c1-11-4-3-6-17(7-5-11)21(19,20)14-8-12(2)15(16)13(9-14)10-18/h8-9,11,18H,3-7,10H2,1-2H3. The zero-order chi connectivity index (χ0) is 15.6. The second-order valence-corrected chi connectivity index (χ2v) is 7.75. The van der Waals surface area contributed by atoms with E-state index in [4.69, 9.17) is 0 Å². The van der Waals surface area contributed by atoms with Crippen LogP contribution in [0.1, 0.15) is 37.3 Å². The number of nitrogens with zero attached hydrogens (tertiary/aromatic N) is 1. The molecular weight excluding hydrogens is 293 g/mol. The van der Waals surface area contributed by atoms with Gasteiger partial charge in [-0.3, -0.25) is 0 Å². The van der Waals surface area contributed by atoms with Crippen LogP contribution in [0.4, 0.5) is 4.39 Å². The summed E-state index contributed by atoms with van der Waals surface area (Å²) in [4.78, 5) is 0.0694. The van der Waals surface area contributed by atoms with Gasteiger partial charge in [-0.05, 0) is 49.8 Å². The summed E-state index contributed by atoms with van der Waals surface area (Å²) in [6.07, 6.45) is 2.70. The number of aliphatic hydroxyl groups excluding tert-OH is 1. The van der Waals surface area contributed by atoms with Gasteiger partial charge in [-0.2, -0.15) is 4.31 Å². The van der Waals surface area contributed by atoms with Crippen molar-refractivity contribution in [3.05, 3.63) is 29.1 Å². The fourth-order valence-corrected chi connectivity index (χ4v) is 4.33. The van der Waals surface area contributed by atoms with Gasteiger partial charge in [0, 0.05) is 18.7 Å². The third-order valence-corrected chi connectivity index (χ3v) is 5.96. The van der Waals surface area contributed by atoms with Gasteiger partial charge in [0.15, 0.2) is 0 Å². The minimum atomic E-state index is -3.63. The highest BCUT2D eigenvalue weighted by Crippen LogP contribution is 2.25. The van der Waals surface area contributed by atoms with E-state index < -0.39 is 22.4 Å². The fraction of sp³-hybridized carbons (Fsp3) is 0.600. The van der Waals surface area contributed by atoms with Crippen LogP contribution in [0, 0.1) is 18.7 Å². The maximum absolute atomic E-state index is 13.8. The van der Waals surface area contributed by atoms with Gasteiger partial charge in [-0.15, -0.1) is 0 Å². The normalized spacial score (nSPS) is 21.2. The average Bonchev–Trinajstić information content (AvgIpc) is 2.66. The monoisotopic (exact) mass is 315 g/mol. The van der Waals surface area contributed by atoms with E-state index in [2.05, 4.69) is 6.92 Å². The highest BCUT2D eigenvalue weighted by Gasteiger charge is 2.27.